The van der Waals surface area contributed by atoms with Crippen molar-refractivity contribution in [2.75, 3.05) is 36.5 Å². The predicted octanol–water partition coefficient (Wildman–Crippen LogP) is 5.92. The standard InChI is InChI=1S/C25H23Cl2N3O3S/c1-16-2-3-17(14-20(16)26)23-8-5-19(33-23)6-9-24(31)29-25(34)28-18-4-7-22(21(27)15-18)30-10-12-32-13-11-30/h2-9,14-15H,10-13H2,1H3,(H2,28,29,31,34)/b9-6+. The van der Waals surface area contributed by atoms with Crippen LogP contribution in [0.5, 0.6) is 0 Å². The van der Waals surface area contributed by atoms with Crippen LogP contribution in [0, 0.1) is 6.92 Å². The van der Waals surface area contributed by atoms with Crippen LogP contribution in [0.15, 0.2) is 59.0 Å². The summed E-state index contributed by atoms with van der Waals surface area (Å²) in [4.78, 5) is 14.4. The van der Waals surface area contributed by atoms with E-state index >= 15 is 0 Å². The Labute approximate surface area is 213 Å². The molecule has 0 spiro atoms. The topological polar surface area (TPSA) is 66.7 Å². The molecule has 0 unspecified atom stereocenters. The molecule has 0 aliphatic carbocycles. The highest BCUT2D eigenvalue weighted by Crippen LogP contribution is 2.30. The van der Waals surface area contributed by atoms with Gasteiger partial charge in [-0.15, -0.1) is 0 Å². The number of thiocarbonyl (C=S) groups is 1. The molecular weight excluding hydrogens is 493 g/mol. The zero-order valence-corrected chi connectivity index (χ0v) is 20.8. The highest BCUT2D eigenvalue weighted by atomic mass is 35.5. The molecule has 0 bridgehead atoms. The first kappa shape index (κ1) is 24.3. The Morgan fingerprint density at radius 3 is 2.59 bits per heavy atom. The number of hydrogen-bond donors (Lipinski definition) is 2. The van der Waals surface area contributed by atoms with E-state index in [1.165, 1.54) is 6.08 Å². The smallest absolute Gasteiger partial charge is 0.250 e. The molecule has 2 aromatic carbocycles. The molecule has 0 radical (unpaired) electrons. The monoisotopic (exact) mass is 515 g/mol. The van der Waals surface area contributed by atoms with Crippen LogP contribution in [0.2, 0.25) is 10.0 Å². The fourth-order valence-electron chi connectivity index (χ4n) is 3.46. The molecule has 6 nitrogen and oxygen atoms in total. The van der Waals surface area contributed by atoms with Gasteiger partial charge >= 0.3 is 0 Å². The van der Waals surface area contributed by atoms with Crippen molar-refractivity contribution >= 4 is 63.9 Å². The Morgan fingerprint density at radius 1 is 1.06 bits per heavy atom. The molecule has 4 rings (SSSR count). The van der Waals surface area contributed by atoms with Crippen LogP contribution in [-0.4, -0.2) is 37.3 Å². The van der Waals surface area contributed by atoms with Gasteiger partial charge in [-0.1, -0.05) is 35.3 Å². The second-order valence-electron chi connectivity index (χ2n) is 7.71. The highest BCUT2D eigenvalue weighted by molar-refractivity contribution is 7.80. The van der Waals surface area contributed by atoms with E-state index in [1.807, 2.05) is 43.3 Å². The molecule has 1 aliphatic rings. The van der Waals surface area contributed by atoms with Gasteiger partial charge in [0, 0.05) is 35.4 Å². The zero-order valence-electron chi connectivity index (χ0n) is 18.4. The number of anilines is 2. The van der Waals surface area contributed by atoms with Gasteiger partial charge in [-0.3, -0.25) is 10.1 Å². The molecule has 1 amide bonds. The number of morpholine rings is 1. The first-order valence-corrected chi connectivity index (χ1v) is 11.8. The Hall–Kier alpha value is -2.84. The maximum absolute atomic E-state index is 12.3. The molecule has 2 heterocycles. The second-order valence-corrected chi connectivity index (χ2v) is 8.93. The molecule has 2 N–H and O–H groups in total. The Morgan fingerprint density at radius 2 is 1.85 bits per heavy atom. The zero-order chi connectivity index (χ0) is 24.1. The number of benzene rings is 2. The van der Waals surface area contributed by atoms with Crippen molar-refractivity contribution in [1.82, 2.24) is 5.32 Å². The first-order valence-electron chi connectivity index (χ1n) is 10.7. The van der Waals surface area contributed by atoms with E-state index in [9.17, 15) is 4.79 Å². The number of furan rings is 1. The van der Waals surface area contributed by atoms with E-state index in [-0.39, 0.29) is 11.0 Å². The van der Waals surface area contributed by atoms with Crippen LogP contribution in [0.4, 0.5) is 11.4 Å². The molecule has 1 fully saturated rings. The average Bonchev–Trinajstić information content (AvgIpc) is 3.29. The second kappa shape index (κ2) is 11.1. The molecule has 34 heavy (non-hydrogen) atoms. The lowest BCUT2D eigenvalue weighted by Gasteiger charge is -2.29. The van der Waals surface area contributed by atoms with Gasteiger partial charge in [0.15, 0.2) is 5.11 Å². The SMILES string of the molecule is Cc1ccc(-c2ccc(/C=C/C(=O)NC(=S)Nc3ccc(N4CCOCC4)c(Cl)c3)o2)cc1Cl. The normalized spacial score (nSPS) is 13.8. The third-order valence-corrected chi connectivity index (χ3v) is 6.19. The summed E-state index contributed by atoms with van der Waals surface area (Å²) in [5.74, 6) is 0.813. The van der Waals surface area contributed by atoms with Gasteiger partial charge in [0.1, 0.15) is 11.5 Å². The van der Waals surface area contributed by atoms with Crippen molar-refractivity contribution in [3.8, 4) is 11.3 Å². The van der Waals surface area contributed by atoms with Crippen molar-refractivity contribution in [1.29, 1.82) is 0 Å². The fourth-order valence-corrected chi connectivity index (χ4v) is 4.16. The summed E-state index contributed by atoms with van der Waals surface area (Å²) < 4.78 is 11.2. The quantitative estimate of drug-likeness (QED) is 0.324. The summed E-state index contributed by atoms with van der Waals surface area (Å²) in [7, 11) is 0. The van der Waals surface area contributed by atoms with Gasteiger partial charge in [-0.05, 0) is 67.2 Å². The van der Waals surface area contributed by atoms with Gasteiger partial charge in [0.25, 0.3) is 0 Å². The molecule has 9 heteroatoms. The molecular formula is C25H23Cl2N3O3S. The minimum atomic E-state index is -0.384. The van der Waals surface area contributed by atoms with Gasteiger partial charge in [0.05, 0.1) is 23.9 Å². The number of aryl methyl sites for hydroxylation is 1. The lowest BCUT2D eigenvalue weighted by atomic mass is 10.1. The number of hydrogen-bond acceptors (Lipinski definition) is 5. The van der Waals surface area contributed by atoms with Gasteiger partial charge in [-0.25, -0.2) is 0 Å². The minimum Gasteiger partial charge on any atom is -0.457 e. The number of halogens is 2. The molecule has 1 aliphatic heterocycles. The van der Waals surface area contributed by atoms with Crippen molar-refractivity contribution in [2.45, 2.75) is 6.92 Å². The number of amides is 1. The van der Waals surface area contributed by atoms with Crippen LogP contribution in [0.1, 0.15) is 11.3 Å². The number of nitrogens with zero attached hydrogens (tertiary/aromatic N) is 1. The van der Waals surface area contributed by atoms with Crippen molar-refractivity contribution < 1.29 is 13.9 Å². The summed E-state index contributed by atoms with van der Waals surface area (Å²) >= 11 is 17.9. The van der Waals surface area contributed by atoms with E-state index in [4.69, 9.17) is 44.6 Å². The molecule has 1 saturated heterocycles. The number of carbonyl (C=O) groups is 1. The van der Waals surface area contributed by atoms with E-state index in [1.54, 1.807) is 18.2 Å². The summed E-state index contributed by atoms with van der Waals surface area (Å²) in [5.41, 5.74) is 3.49. The molecule has 0 saturated carbocycles. The van der Waals surface area contributed by atoms with Crippen LogP contribution in [0.25, 0.3) is 17.4 Å². The van der Waals surface area contributed by atoms with Crippen molar-refractivity contribution in [3.63, 3.8) is 0 Å². The van der Waals surface area contributed by atoms with Gasteiger partial charge in [-0.2, -0.15) is 0 Å². The third-order valence-electron chi connectivity index (χ3n) is 5.28. The highest BCUT2D eigenvalue weighted by Gasteiger charge is 2.15. The van der Waals surface area contributed by atoms with Crippen molar-refractivity contribution in [2.24, 2.45) is 0 Å². The van der Waals surface area contributed by atoms with Crippen LogP contribution < -0.4 is 15.5 Å². The van der Waals surface area contributed by atoms with Gasteiger partial charge in [0.2, 0.25) is 5.91 Å². The fraction of sp³-hybridized carbons (Fsp3) is 0.200. The van der Waals surface area contributed by atoms with Crippen LogP contribution >= 0.6 is 35.4 Å². The van der Waals surface area contributed by atoms with E-state index in [0.717, 1.165) is 29.9 Å². The van der Waals surface area contributed by atoms with E-state index in [2.05, 4.69) is 15.5 Å². The van der Waals surface area contributed by atoms with Crippen LogP contribution in [-0.2, 0) is 9.53 Å². The Balaban J connectivity index is 1.31. The lowest BCUT2D eigenvalue weighted by molar-refractivity contribution is -0.115. The summed E-state index contributed by atoms with van der Waals surface area (Å²) in [6, 6.07) is 14.9. The average molecular weight is 516 g/mol. The van der Waals surface area contributed by atoms with Crippen LogP contribution in [0.3, 0.4) is 0 Å². The number of carbonyl (C=O) groups excluding carboxylic acids is 1. The van der Waals surface area contributed by atoms with Crippen molar-refractivity contribution in [3.05, 3.63) is 76.0 Å². The third kappa shape index (κ3) is 6.18. The lowest BCUT2D eigenvalue weighted by Crippen LogP contribution is -2.36. The summed E-state index contributed by atoms with van der Waals surface area (Å²) in [6.45, 7) is 4.89. The van der Waals surface area contributed by atoms with E-state index in [0.29, 0.717) is 40.5 Å². The summed E-state index contributed by atoms with van der Waals surface area (Å²) in [6.07, 6.45) is 2.93. The van der Waals surface area contributed by atoms with E-state index < -0.39 is 0 Å². The molecule has 0 atom stereocenters. The number of ether oxygens (including phenoxy) is 1. The Bertz CT molecular complexity index is 1240. The molecule has 176 valence electrons. The Kier molecular flexibility index (Phi) is 7.90. The number of nitrogens with one attached hydrogen (secondary N) is 2. The summed E-state index contributed by atoms with van der Waals surface area (Å²) in [5, 5.41) is 7.03. The number of rotatable bonds is 5. The minimum absolute atomic E-state index is 0.166. The molecule has 3 aromatic rings. The molecule has 1 aromatic heterocycles. The largest absolute Gasteiger partial charge is 0.457 e. The van der Waals surface area contributed by atoms with Gasteiger partial charge < -0.3 is 19.4 Å². The maximum Gasteiger partial charge on any atom is 0.250 e. The maximum atomic E-state index is 12.3. The predicted molar refractivity (Wildman–Crippen MR) is 142 cm³/mol. The first-order chi connectivity index (χ1) is 16.4.